The number of hydrogen-bond donors (Lipinski definition) is 0. The molecule has 6 heteroatoms. The summed E-state index contributed by atoms with van der Waals surface area (Å²) in [5.41, 5.74) is 1.24. The Morgan fingerprint density at radius 3 is 2.50 bits per heavy atom. The van der Waals surface area contributed by atoms with Gasteiger partial charge in [-0.3, -0.25) is 4.90 Å². The van der Waals surface area contributed by atoms with Gasteiger partial charge >= 0.3 is 0 Å². The minimum atomic E-state index is 0.168. The molecule has 0 aliphatic carbocycles. The number of piperazine rings is 1. The molecule has 1 aliphatic rings. The number of anilines is 1. The summed E-state index contributed by atoms with van der Waals surface area (Å²) in [5.74, 6) is 2.44. The van der Waals surface area contributed by atoms with Crippen LogP contribution in [0.5, 0.6) is 5.75 Å². The predicted molar refractivity (Wildman–Crippen MR) is 93.5 cm³/mol. The first-order valence-electron chi connectivity index (χ1n) is 8.66. The molecule has 0 radical (unpaired) electrons. The van der Waals surface area contributed by atoms with Gasteiger partial charge in [0.15, 0.2) is 5.82 Å². The van der Waals surface area contributed by atoms with Crippen LogP contribution in [0.1, 0.15) is 38.0 Å². The highest BCUT2D eigenvalue weighted by Crippen LogP contribution is 2.24. The zero-order chi connectivity index (χ0) is 16.9. The Bertz CT molecular complexity index is 633. The van der Waals surface area contributed by atoms with Gasteiger partial charge in [-0.25, -0.2) is 0 Å². The number of nitrogens with zero attached hydrogens (tertiary/aromatic N) is 4. The molecule has 6 nitrogen and oxygen atoms in total. The fourth-order valence-corrected chi connectivity index (χ4v) is 3.08. The van der Waals surface area contributed by atoms with Gasteiger partial charge in [-0.1, -0.05) is 12.1 Å². The summed E-state index contributed by atoms with van der Waals surface area (Å²) in [5, 5.41) is 4.07. The van der Waals surface area contributed by atoms with Gasteiger partial charge in [-0.2, -0.15) is 4.98 Å². The van der Waals surface area contributed by atoms with E-state index < -0.39 is 0 Å². The molecule has 24 heavy (non-hydrogen) atoms. The van der Waals surface area contributed by atoms with Crippen LogP contribution in [0.3, 0.4) is 0 Å². The van der Waals surface area contributed by atoms with Crippen LogP contribution in [-0.4, -0.2) is 48.3 Å². The second-order valence-electron chi connectivity index (χ2n) is 6.20. The van der Waals surface area contributed by atoms with Gasteiger partial charge in [0.2, 0.25) is 5.89 Å². The SMILES string of the molecule is CCCc1noc([C@H](C)N2CCN(c3ccc(OC)cc3)CC2)n1. The highest BCUT2D eigenvalue weighted by atomic mass is 16.5. The Morgan fingerprint density at radius 1 is 1.17 bits per heavy atom. The van der Waals surface area contributed by atoms with Crippen molar-refractivity contribution in [2.24, 2.45) is 0 Å². The molecule has 3 rings (SSSR count). The molecule has 130 valence electrons. The number of hydrogen-bond acceptors (Lipinski definition) is 6. The molecule has 0 N–H and O–H groups in total. The maximum Gasteiger partial charge on any atom is 0.243 e. The maximum absolute atomic E-state index is 5.44. The van der Waals surface area contributed by atoms with Crippen molar-refractivity contribution in [2.45, 2.75) is 32.7 Å². The van der Waals surface area contributed by atoms with Crippen LogP contribution in [0.25, 0.3) is 0 Å². The molecule has 1 saturated heterocycles. The molecule has 2 aromatic rings. The fourth-order valence-electron chi connectivity index (χ4n) is 3.08. The average Bonchev–Trinajstić information content (AvgIpc) is 3.10. The molecule has 1 fully saturated rings. The van der Waals surface area contributed by atoms with E-state index in [1.807, 2.05) is 12.1 Å². The molecule has 0 amide bonds. The average molecular weight is 330 g/mol. The number of rotatable bonds is 6. The first-order chi connectivity index (χ1) is 11.7. The summed E-state index contributed by atoms with van der Waals surface area (Å²) in [4.78, 5) is 9.33. The third kappa shape index (κ3) is 3.70. The maximum atomic E-state index is 5.44. The van der Waals surface area contributed by atoms with E-state index in [0.29, 0.717) is 0 Å². The van der Waals surface area contributed by atoms with Crippen LogP contribution >= 0.6 is 0 Å². The summed E-state index contributed by atoms with van der Waals surface area (Å²) in [6.07, 6.45) is 1.91. The van der Waals surface area contributed by atoms with Crippen LogP contribution in [0, 0.1) is 0 Å². The number of ether oxygens (including phenoxy) is 1. The number of methoxy groups -OCH3 is 1. The van der Waals surface area contributed by atoms with Gasteiger partial charge in [-0.05, 0) is 37.6 Å². The van der Waals surface area contributed by atoms with Gasteiger partial charge in [-0.15, -0.1) is 0 Å². The lowest BCUT2D eigenvalue weighted by atomic mass is 10.2. The highest BCUT2D eigenvalue weighted by molar-refractivity contribution is 5.49. The van der Waals surface area contributed by atoms with Crippen LogP contribution in [0.2, 0.25) is 0 Å². The quantitative estimate of drug-likeness (QED) is 0.812. The summed E-state index contributed by atoms with van der Waals surface area (Å²) in [6, 6.07) is 8.43. The second kappa shape index (κ2) is 7.66. The van der Waals surface area contributed by atoms with Gasteiger partial charge in [0.1, 0.15) is 5.75 Å². The highest BCUT2D eigenvalue weighted by Gasteiger charge is 2.25. The lowest BCUT2D eigenvalue weighted by Gasteiger charge is -2.38. The van der Waals surface area contributed by atoms with Gasteiger partial charge < -0.3 is 14.2 Å². The van der Waals surface area contributed by atoms with E-state index in [1.165, 1.54) is 5.69 Å². The van der Waals surface area contributed by atoms with Crippen LogP contribution in [-0.2, 0) is 6.42 Å². The lowest BCUT2D eigenvalue weighted by molar-refractivity contribution is 0.164. The third-order valence-corrected chi connectivity index (χ3v) is 4.61. The fraction of sp³-hybridized carbons (Fsp3) is 0.556. The van der Waals surface area contributed by atoms with Crippen molar-refractivity contribution in [2.75, 3.05) is 38.2 Å². The monoisotopic (exact) mass is 330 g/mol. The Kier molecular flexibility index (Phi) is 5.35. The van der Waals surface area contributed by atoms with E-state index >= 15 is 0 Å². The van der Waals surface area contributed by atoms with E-state index in [9.17, 15) is 0 Å². The molecular formula is C18H26N4O2. The van der Waals surface area contributed by atoms with Crippen molar-refractivity contribution < 1.29 is 9.26 Å². The standard InChI is InChI=1S/C18H26N4O2/c1-4-5-17-19-18(24-20-17)14(2)21-10-12-22(13-11-21)15-6-8-16(23-3)9-7-15/h6-9,14H,4-5,10-13H2,1-3H3/t14-/m0/s1. The zero-order valence-corrected chi connectivity index (χ0v) is 14.7. The van der Waals surface area contributed by atoms with E-state index in [2.05, 4.69) is 45.9 Å². The Balaban J connectivity index is 1.57. The first-order valence-corrected chi connectivity index (χ1v) is 8.66. The Morgan fingerprint density at radius 2 is 1.88 bits per heavy atom. The molecule has 1 aromatic carbocycles. The largest absolute Gasteiger partial charge is 0.497 e. The minimum Gasteiger partial charge on any atom is -0.497 e. The molecule has 0 bridgehead atoms. The van der Waals surface area contributed by atoms with E-state index in [4.69, 9.17) is 9.26 Å². The summed E-state index contributed by atoms with van der Waals surface area (Å²) in [6.45, 7) is 8.22. The molecule has 0 unspecified atom stereocenters. The van der Waals surface area contributed by atoms with Crippen molar-refractivity contribution in [1.82, 2.24) is 15.0 Å². The Labute approximate surface area is 143 Å². The van der Waals surface area contributed by atoms with Gasteiger partial charge in [0.25, 0.3) is 0 Å². The number of aromatic nitrogens is 2. The van der Waals surface area contributed by atoms with Crippen molar-refractivity contribution >= 4 is 5.69 Å². The second-order valence-corrected chi connectivity index (χ2v) is 6.20. The van der Waals surface area contributed by atoms with E-state index in [1.54, 1.807) is 7.11 Å². The molecule has 0 spiro atoms. The van der Waals surface area contributed by atoms with Gasteiger partial charge in [0, 0.05) is 38.3 Å². The van der Waals surface area contributed by atoms with Crippen molar-refractivity contribution in [3.8, 4) is 5.75 Å². The predicted octanol–water partition coefficient (Wildman–Crippen LogP) is 2.91. The molecule has 1 aromatic heterocycles. The normalized spacial score (nSPS) is 17.0. The van der Waals surface area contributed by atoms with Crippen molar-refractivity contribution in [1.29, 1.82) is 0 Å². The third-order valence-electron chi connectivity index (χ3n) is 4.61. The molecule has 1 atom stereocenters. The summed E-state index contributed by atoms with van der Waals surface area (Å²) >= 11 is 0. The van der Waals surface area contributed by atoms with Gasteiger partial charge in [0.05, 0.1) is 13.2 Å². The van der Waals surface area contributed by atoms with Crippen molar-refractivity contribution in [3.05, 3.63) is 36.0 Å². The summed E-state index contributed by atoms with van der Waals surface area (Å²) < 4.78 is 10.7. The van der Waals surface area contributed by atoms with Crippen molar-refractivity contribution in [3.63, 3.8) is 0 Å². The molecule has 2 heterocycles. The lowest BCUT2D eigenvalue weighted by Crippen LogP contribution is -2.47. The van der Waals surface area contributed by atoms with E-state index in [0.717, 1.165) is 56.5 Å². The Hall–Kier alpha value is -2.08. The smallest absolute Gasteiger partial charge is 0.243 e. The molecular weight excluding hydrogens is 304 g/mol. The number of aryl methyl sites for hydroxylation is 1. The topological polar surface area (TPSA) is 54.6 Å². The molecule has 0 saturated carbocycles. The first kappa shape index (κ1) is 16.8. The van der Waals surface area contributed by atoms with Crippen LogP contribution in [0.4, 0.5) is 5.69 Å². The number of benzene rings is 1. The molecule has 1 aliphatic heterocycles. The van der Waals surface area contributed by atoms with E-state index in [-0.39, 0.29) is 6.04 Å². The zero-order valence-electron chi connectivity index (χ0n) is 14.7. The minimum absolute atomic E-state index is 0.168. The van der Waals surface area contributed by atoms with Crippen LogP contribution in [0.15, 0.2) is 28.8 Å². The summed E-state index contributed by atoms with van der Waals surface area (Å²) in [7, 11) is 1.69. The van der Waals surface area contributed by atoms with Crippen LogP contribution < -0.4 is 9.64 Å².